The summed E-state index contributed by atoms with van der Waals surface area (Å²) in [4.78, 5) is 16.2. The van der Waals surface area contributed by atoms with Crippen LogP contribution in [0.4, 0.5) is 5.69 Å². The van der Waals surface area contributed by atoms with E-state index in [0.717, 1.165) is 5.56 Å². The summed E-state index contributed by atoms with van der Waals surface area (Å²) in [6.45, 7) is 5.37. The molecule has 2 aromatic rings. The molecule has 0 aliphatic carbocycles. The highest BCUT2D eigenvalue weighted by molar-refractivity contribution is 6.32. The van der Waals surface area contributed by atoms with Crippen molar-refractivity contribution >= 4 is 23.2 Å². The van der Waals surface area contributed by atoms with Crippen molar-refractivity contribution in [3.05, 3.63) is 46.0 Å². The highest BCUT2D eigenvalue weighted by atomic mass is 35.5. The van der Waals surface area contributed by atoms with Crippen molar-refractivity contribution < 1.29 is 4.79 Å². The number of carbonyl (C=O) groups is 1. The van der Waals surface area contributed by atoms with Crippen LogP contribution in [-0.4, -0.2) is 21.1 Å². The van der Waals surface area contributed by atoms with E-state index in [1.807, 2.05) is 6.92 Å². The topological polar surface area (TPSA) is 67.8 Å². The molecule has 5 nitrogen and oxygen atoms in total. The van der Waals surface area contributed by atoms with Gasteiger partial charge in [0.1, 0.15) is 0 Å². The lowest BCUT2D eigenvalue weighted by molar-refractivity contribution is 0.102. The van der Waals surface area contributed by atoms with Gasteiger partial charge in [0.05, 0.1) is 22.6 Å². The molecule has 0 fully saturated rings. The van der Waals surface area contributed by atoms with Gasteiger partial charge in [0.15, 0.2) is 5.15 Å². The highest BCUT2D eigenvalue weighted by Crippen LogP contribution is 2.23. The first kappa shape index (κ1) is 13.4. The van der Waals surface area contributed by atoms with Gasteiger partial charge in [-0.25, -0.2) is 4.98 Å². The fourth-order valence-corrected chi connectivity index (χ4v) is 1.89. The third-order valence-electron chi connectivity index (χ3n) is 2.70. The number of aromatic nitrogens is 3. The Morgan fingerprint density at radius 2 is 2.00 bits per heavy atom. The molecule has 0 radical (unpaired) electrons. The van der Waals surface area contributed by atoms with E-state index in [1.165, 1.54) is 0 Å². The number of halogens is 1. The Hall–Kier alpha value is -2.01. The minimum absolute atomic E-state index is 0.268. The predicted molar refractivity (Wildman–Crippen MR) is 73.4 cm³/mol. The smallest absolute Gasteiger partial charge is 0.257 e. The van der Waals surface area contributed by atoms with Gasteiger partial charge in [0, 0.05) is 6.20 Å². The van der Waals surface area contributed by atoms with Gasteiger partial charge < -0.3 is 5.32 Å². The molecule has 98 valence electrons. The molecule has 19 heavy (non-hydrogen) atoms. The van der Waals surface area contributed by atoms with E-state index >= 15 is 0 Å². The molecule has 2 rings (SSSR count). The molecule has 6 heteroatoms. The quantitative estimate of drug-likeness (QED) is 0.857. The van der Waals surface area contributed by atoms with Crippen LogP contribution in [0.2, 0.25) is 5.15 Å². The van der Waals surface area contributed by atoms with Gasteiger partial charge in [0.2, 0.25) is 0 Å². The first-order valence-corrected chi connectivity index (χ1v) is 6.10. The molecule has 0 saturated carbocycles. The normalized spacial score (nSPS) is 10.3. The van der Waals surface area contributed by atoms with Crippen molar-refractivity contribution in [3.63, 3.8) is 0 Å². The average molecular weight is 277 g/mol. The molecular weight excluding hydrogens is 264 g/mol. The Balaban J connectivity index is 2.34. The maximum atomic E-state index is 12.2. The number of hydrogen-bond donors (Lipinski definition) is 1. The minimum atomic E-state index is -0.270. The molecule has 0 aliphatic rings. The summed E-state index contributed by atoms with van der Waals surface area (Å²) in [6.07, 6.45) is 1.59. The Morgan fingerprint density at radius 1 is 1.26 bits per heavy atom. The second-order valence-electron chi connectivity index (χ2n) is 4.23. The zero-order valence-electron chi connectivity index (χ0n) is 10.9. The van der Waals surface area contributed by atoms with Gasteiger partial charge in [-0.1, -0.05) is 11.6 Å². The van der Waals surface area contributed by atoms with Crippen molar-refractivity contribution in [2.24, 2.45) is 0 Å². The molecule has 1 N–H and O–H groups in total. The number of nitrogens with zero attached hydrogens (tertiary/aromatic N) is 3. The van der Waals surface area contributed by atoms with Crippen LogP contribution in [0.3, 0.4) is 0 Å². The van der Waals surface area contributed by atoms with Crippen molar-refractivity contribution in [2.45, 2.75) is 20.8 Å². The monoisotopic (exact) mass is 276 g/mol. The third-order valence-corrected chi connectivity index (χ3v) is 2.98. The SMILES string of the molecule is Cc1cc(C(=O)Nc2c(C)ccnc2Cl)c(C)nn1. The van der Waals surface area contributed by atoms with E-state index in [-0.39, 0.29) is 11.1 Å². The largest absolute Gasteiger partial charge is 0.319 e. The molecular formula is C13H13ClN4O. The van der Waals surface area contributed by atoms with Crippen LogP contribution in [0.5, 0.6) is 0 Å². The van der Waals surface area contributed by atoms with E-state index in [2.05, 4.69) is 20.5 Å². The number of amides is 1. The maximum absolute atomic E-state index is 12.2. The number of anilines is 1. The summed E-state index contributed by atoms with van der Waals surface area (Å²) in [6, 6.07) is 3.47. The zero-order valence-corrected chi connectivity index (χ0v) is 11.6. The maximum Gasteiger partial charge on any atom is 0.257 e. The summed E-state index contributed by atoms with van der Waals surface area (Å²) in [5.41, 5.74) is 3.10. The third kappa shape index (κ3) is 2.88. The van der Waals surface area contributed by atoms with Crippen LogP contribution >= 0.6 is 11.6 Å². The number of nitrogens with one attached hydrogen (secondary N) is 1. The standard InChI is InChI=1S/C13H13ClN4O/c1-7-4-5-15-12(14)11(7)16-13(19)10-6-8(2)17-18-9(10)3/h4-6H,1-3H3,(H,16,19). The average Bonchev–Trinajstić information content (AvgIpc) is 2.37. The van der Waals surface area contributed by atoms with Gasteiger partial charge in [-0.05, 0) is 38.5 Å². The molecule has 0 aromatic carbocycles. The molecule has 0 spiro atoms. The minimum Gasteiger partial charge on any atom is -0.319 e. The molecule has 2 heterocycles. The van der Waals surface area contributed by atoms with Gasteiger partial charge in [-0.15, -0.1) is 0 Å². The van der Waals surface area contributed by atoms with Crippen LogP contribution in [0, 0.1) is 20.8 Å². The molecule has 0 saturated heterocycles. The van der Waals surface area contributed by atoms with E-state index < -0.39 is 0 Å². The first-order chi connectivity index (χ1) is 8.99. The number of aryl methyl sites for hydroxylation is 3. The van der Waals surface area contributed by atoms with E-state index in [1.54, 1.807) is 32.2 Å². The van der Waals surface area contributed by atoms with E-state index in [4.69, 9.17) is 11.6 Å². The summed E-state index contributed by atoms with van der Waals surface area (Å²) in [5.74, 6) is -0.270. The van der Waals surface area contributed by atoms with E-state index in [9.17, 15) is 4.79 Å². The summed E-state index contributed by atoms with van der Waals surface area (Å²) in [7, 11) is 0. The molecule has 0 aliphatic heterocycles. The van der Waals surface area contributed by atoms with Gasteiger partial charge in [-0.3, -0.25) is 4.79 Å². The summed E-state index contributed by atoms with van der Waals surface area (Å²) in [5, 5.41) is 10.9. The van der Waals surface area contributed by atoms with Crippen LogP contribution in [0.25, 0.3) is 0 Å². The summed E-state index contributed by atoms with van der Waals surface area (Å²) < 4.78 is 0. The Bertz CT molecular complexity index is 622. The first-order valence-electron chi connectivity index (χ1n) is 5.72. The second kappa shape index (κ2) is 5.32. The van der Waals surface area contributed by atoms with Crippen molar-refractivity contribution in [3.8, 4) is 0 Å². The Morgan fingerprint density at radius 3 is 2.68 bits per heavy atom. The predicted octanol–water partition coefficient (Wildman–Crippen LogP) is 2.70. The summed E-state index contributed by atoms with van der Waals surface area (Å²) >= 11 is 5.98. The van der Waals surface area contributed by atoms with Crippen LogP contribution in [0.1, 0.15) is 27.3 Å². The lowest BCUT2D eigenvalue weighted by atomic mass is 10.1. The van der Waals surface area contributed by atoms with Crippen LogP contribution < -0.4 is 5.32 Å². The lowest BCUT2D eigenvalue weighted by Crippen LogP contribution is -2.16. The number of carbonyl (C=O) groups excluding carboxylic acids is 1. The van der Waals surface area contributed by atoms with Crippen molar-refractivity contribution in [1.82, 2.24) is 15.2 Å². The second-order valence-corrected chi connectivity index (χ2v) is 4.59. The lowest BCUT2D eigenvalue weighted by Gasteiger charge is -2.10. The number of pyridine rings is 1. The fraction of sp³-hybridized carbons (Fsp3) is 0.231. The van der Waals surface area contributed by atoms with Crippen molar-refractivity contribution in [1.29, 1.82) is 0 Å². The molecule has 2 aromatic heterocycles. The van der Waals surface area contributed by atoms with Gasteiger partial charge in [-0.2, -0.15) is 10.2 Å². The molecule has 0 bridgehead atoms. The van der Waals surface area contributed by atoms with Gasteiger partial charge in [0.25, 0.3) is 5.91 Å². The highest BCUT2D eigenvalue weighted by Gasteiger charge is 2.14. The zero-order chi connectivity index (χ0) is 14.0. The number of hydrogen-bond acceptors (Lipinski definition) is 4. The van der Waals surface area contributed by atoms with Crippen LogP contribution in [0.15, 0.2) is 18.3 Å². The van der Waals surface area contributed by atoms with Crippen molar-refractivity contribution in [2.75, 3.05) is 5.32 Å². The molecule has 0 unspecified atom stereocenters. The Labute approximate surface area is 116 Å². The van der Waals surface area contributed by atoms with Gasteiger partial charge >= 0.3 is 0 Å². The van der Waals surface area contributed by atoms with Crippen LogP contribution in [-0.2, 0) is 0 Å². The molecule has 0 atom stereocenters. The fourth-order valence-electron chi connectivity index (χ4n) is 1.64. The number of rotatable bonds is 2. The Kier molecular flexibility index (Phi) is 3.76. The van der Waals surface area contributed by atoms with E-state index in [0.29, 0.717) is 22.6 Å². The molecule has 1 amide bonds.